The van der Waals surface area contributed by atoms with Gasteiger partial charge in [0.15, 0.2) is 11.6 Å². The molecular weight excluding hydrogens is 152 g/mol. The largest absolute Gasteiger partial charge is 0.295 e. The highest BCUT2D eigenvalue weighted by Gasteiger charge is 2.09. The van der Waals surface area contributed by atoms with Gasteiger partial charge in [-0.05, 0) is 25.0 Å². The molecule has 0 spiro atoms. The average Bonchev–Trinajstić information content (AvgIpc) is 2.12. The second-order valence-electron chi connectivity index (χ2n) is 2.80. The molecule has 12 heavy (non-hydrogen) atoms. The maximum Gasteiger partial charge on any atom is 0.158 e. The van der Waals surface area contributed by atoms with Gasteiger partial charge in [0.05, 0.1) is 0 Å². The molecule has 2 nitrogen and oxygen atoms in total. The van der Waals surface area contributed by atoms with Crippen LogP contribution in [0.4, 0.5) is 0 Å². The predicted octanol–water partition coefficient (Wildman–Crippen LogP) is 2.28. The van der Waals surface area contributed by atoms with Crippen LogP contribution < -0.4 is 0 Å². The van der Waals surface area contributed by atoms with Gasteiger partial charge >= 0.3 is 0 Å². The summed E-state index contributed by atoms with van der Waals surface area (Å²) in [5.41, 5.74) is 1.23. The Kier molecular flexibility index (Phi) is 4.49. The number of carbonyl (C=O) groups excluding carboxylic acids is 2. The van der Waals surface area contributed by atoms with Gasteiger partial charge < -0.3 is 0 Å². The highest BCUT2D eigenvalue weighted by Crippen LogP contribution is 2.09. The maximum absolute atomic E-state index is 11.2. The quantitative estimate of drug-likeness (QED) is 0.603. The summed E-state index contributed by atoms with van der Waals surface area (Å²) in [6, 6.07) is 0. The third kappa shape index (κ3) is 2.61. The summed E-state index contributed by atoms with van der Waals surface area (Å²) in [5.74, 6) is 0.128. The topological polar surface area (TPSA) is 34.1 Å². The van der Waals surface area contributed by atoms with Crippen molar-refractivity contribution in [1.82, 2.24) is 0 Å². The molecule has 0 aliphatic heterocycles. The van der Waals surface area contributed by atoms with Crippen molar-refractivity contribution < 1.29 is 9.59 Å². The summed E-state index contributed by atoms with van der Waals surface area (Å²) in [4.78, 5) is 22.3. The van der Waals surface area contributed by atoms with Gasteiger partial charge in [-0.15, -0.1) is 0 Å². The molecule has 2 heteroatoms. The van der Waals surface area contributed by atoms with Crippen molar-refractivity contribution in [2.75, 3.05) is 0 Å². The van der Waals surface area contributed by atoms with Crippen LogP contribution in [0.25, 0.3) is 0 Å². The zero-order valence-electron chi connectivity index (χ0n) is 8.23. The molecule has 0 radical (unpaired) electrons. The SMILES string of the molecule is CCC(=O)C(C)=C(C)C(=O)CC. The molecule has 0 aromatic rings. The minimum Gasteiger partial charge on any atom is -0.295 e. The van der Waals surface area contributed by atoms with E-state index >= 15 is 0 Å². The first-order chi connectivity index (χ1) is 5.54. The van der Waals surface area contributed by atoms with E-state index in [4.69, 9.17) is 0 Å². The molecule has 0 aromatic carbocycles. The molecular formula is C10H16O2. The smallest absolute Gasteiger partial charge is 0.158 e. The lowest BCUT2D eigenvalue weighted by Crippen LogP contribution is -2.06. The monoisotopic (exact) mass is 168 g/mol. The lowest BCUT2D eigenvalue weighted by atomic mass is 10.0. The average molecular weight is 168 g/mol. The van der Waals surface area contributed by atoms with E-state index in [2.05, 4.69) is 0 Å². The molecule has 0 unspecified atom stereocenters. The van der Waals surface area contributed by atoms with E-state index < -0.39 is 0 Å². The molecule has 0 rings (SSSR count). The molecule has 68 valence electrons. The van der Waals surface area contributed by atoms with Gasteiger partial charge in [0.2, 0.25) is 0 Å². The Balaban J connectivity index is 4.68. The fourth-order valence-electron chi connectivity index (χ4n) is 0.949. The van der Waals surface area contributed by atoms with Crippen LogP contribution in [0.5, 0.6) is 0 Å². The molecule has 0 bridgehead atoms. The zero-order valence-corrected chi connectivity index (χ0v) is 8.23. The maximum atomic E-state index is 11.2. The fraction of sp³-hybridized carbons (Fsp3) is 0.600. The standard InChI is InChI=1S/C10H16O2/c1-5-9(11)7(3)8(4)10(12)6-2/h5-6H2,1-4H3. The van der Waals surface area contributed by atoms with Crippen molar-refractivity contribution in [2.45, 2.75) is 40.5 Å². The van der Waals surface area contributed by atoms with Crippen molar-refractivity contribution in [3.05, 3.63) is 11.1 Å². The molecule has 0 saturated heterocycles. The zero-order chi connectivity index (χ0) is 9.72. The van der Waals surface area contributed by atoms with Gasteiger partial charge in [-0.1, -0.05) is 13.8 Å². The molecule has 0 amide bonds. The van der Waals surface area contributed by atoms with Crippen LogP contribution in [0.15, 0.2) is 11.1 Å². The summed E-state index contributed by atoms with van der Waals surface area (Å²) < 4.78 is 0. The second kappa shape index (κ2) is 4.86. The third-order valence-corrected chi connectivity index (χ3v) is 2.04. The number of carbonyl (C=O) groups is 2. The number of ketones is 2. The molecule has 0 aliphatic carbocycles. The highest BCUT2D eigenvalue weighted by atomic mass is 16.1. The molecule has 0 aliphatic rings. The Bertz CT molecular complexity index is 200. The van der Waals surface area contributed by atoms with Crippen LogP contribution in [-0.4, -0.2) is 11.6 Å². The van der Waals surface area contributed by atoms with E-state index in [1.54, 1.807) is 27.7 Å². The molecule has 0 saturated carbocycles. The normalized spacial score (nSPS) is 12.3. The molecule has 0 fully saturated rings. The fourth-order valence-corrected chi connectivity index (χ4v) is 0.949. The Morgan fingerprint density at radius 2 is 1.08 bits per heavy atom. The number of rotatable bonds is 4. The molecule has 0 heterocycles. The van der Waals surface area contributed by atoms with Crippen LogP contribution in [-0.2, 0) is 9.59 Å². The van der Waals surface area contributed by atoms with E-state index in [0.29, 0.717) is 24.0 Å². The number of hydrogen-bond donors (Lipinski definition) is 0. The van der Waals surface area contributed by atoms with Gasteiger partial charge in [0.1, 0.15) is 0 Å². The van der Waals surface area contributed by atoms with Crippen molar-refractivity contribution in [1.29, 1.82) is 0 Å². The van der Waals surface area contributed by atoms with Gasteiger partial charge in [-0.2, -0.15) is 0 Å². The first kappa shape index (κ1) is 11.1. The van der Waals surface area contributed by atoms with Crippen LogP contribution >= 0.6 is 0 Å². The van der Waals surface area contributed by atoms with E-state index in [1.807, 2.05) is 0 Å². The highest BCUT2D eigenvalue weighted by molar-refractivity contribution is 6.05. The minimum absolute atomic E-state index is 0.0642. The second-order valence-corrected chi connectivity index (χ2v) is 2.80. The number of hydrogen-bond acceptors (Lipinski definition) is 2. The minimum atomic E-state index is 0.0642. The molecule has 0 aromatic heterocycles. The molecule has 0 N–H and O–H groups in total. The van der Waals surface area contributed by atoms with E-state index in [1.165, 1.54) is 0 Å². The first-order valence-corrected chi connectivity index (χ1v) is 4.28. The summed E-state index contributed by atoms with van der Waals surface area (Å²) >= 11 is 0. The number of Topliss-reactive ketones (excluding diaryl/α,β-unsaturated/α-hetero) is 2. The third-order valence-electron chi connectivity index (χ3n) is 2.04. The van der Waals surface area contributed by atoms with E-state index in [9.17, 15) is 9.59 Å². The van der Waals surface area contributed by atoms with Crippen LogP contribution in [0.2, 0.25) is 0 Å². The van der Waals surface area contributed by atoms with Crippen molar-refractivity contribution in [3.63, 3.8) is 0 Å². The van der Waals surface area contributed by atoms with Crippen LogP contribution in [0.1, 0.15) is 40.5 Å². The first-order valence-electron chi connectivity index (χ1n) is 4.28. The van der Waals surface area contributed by atoms with E-state index in [0.717, 1.165) is 0 Å². The van der Waals surface area contributed by atoms with Gasteiger partial charge in [0, 0.05) is 12.8 Å². The lowest BCUT2D eigenvalue weighted by molar-refractivity contribution is -0.117. The Labute approximate surface area is 73.7 Å². The summed E-state index contributed by atoms with van der Waals surface area (Å²) in [6.07, 6.45) is 0.945. The van der Waals surface area contributed by atoms with Crippen molar-refractivity contribution in [3.8, 4) is 0 Å². The van der Waals surface area contributed by atoms with Gasteiger partial charge in [0.25, 0.3) is 0 Å². The van der Waals surface area contributed by atoms with E-state index in [-0.39, 0.29) is 11.6 Å². The van der Waals surface area contributed by atoms with Gasteiger partial charge in [-0.25, -0.2) is 0 Å². The summed E-state index contributed by atoms with van der Waals surface area (Å²) in [6.45, 7) is 7.04. The summed E-state index contributed by atoms with van der Waals surface area (Å²) in [7, 11) is 0. The Morgan fingerprint density at radius 1 is 0.833 bits per heavy atom. The number of allylic oxidation sites excluding steroid dienone is 2. The lowest BCUT2D eigenvalue weighted by Gasteiger charge is -2.02. The molecule has 0 atom stereocenters. The predicted molar refractivity (Wildman–Crippen MR) is 49.0 cm³/mol. The Hall–Kier alpha value is -0.920. The van der Waals surface area contributed by atoms with Crippen molar-refractivity contribution in [2.24, 2.45) is 0 Å². The van der Waals surface area contributed by atoms with Crippen LogP contribution in [0, 0.1) is 0 Å². The van der Waals surface area contributed by atoms with Crippen molar-refractivity contribution >= 4 is 11.6 Å². The van der Waals surface area contributed by atoms with Crippen LogP contribution in [0.3, 0.4) is 0 Å². The summed E-state index contributed by atoms with van der Waals surface area (Å²) in [5, 5.41) is 0. The van der Waals surface area contributed by atoms with Gasteiger partial charge in [-0.3, -0.25) is 9.59 Å². The Morgan fingerprint density at radius 3 is 1.25 bits per heavy atom.